The first-order valence-electron chi connectivity index (χ1n) is 9.06. The smallest absolute Gasteiger partial charge is 0.416 e. The molecule has 0 aliphatic carbocycles. The topological polar surface area (TPSA) is 79.7 Å². The van der Waals surface area contributed by atoms with Gasteiger partial charge in [0.05, 0.1) is 10.6 Å². The number of aromatic nitrogens is 3. The van der Waals surface area contributed by atoms with E-state index in [1.54, 1.807) is 18.3 Å². The van der Waals surface area contributed by atoms with Crippen LogP contribution < -0.4 is 5.73 Å². The number of pyridine rings is 1. The quantitative estimate of drug-likeness (QED) is 0.599. The number of nitrogens with two attached hydrogens (primary N) is 1. The molecule has 0 atom stereocenters. The maximum Gasteiger partial charge on any atom is 0.416 e. The van der Waals surface area contributed by atoms with Gasteiger partial charge in [-0.1, -0.05) is 18.0 Å². The number of nitrogens with zero attached hydrogens (tertiary/aromatic N) is 4. The Bertz CT molecular complexity index is 976. The number of hydrogen-bond acceptors (Lipinski definition) is 5. The van der Waals surface area contributed by atoms with Crippen molar-refractivity contribution < 1.29 is 18.3 Å². The zero-order valence-corrected chi connectivity index (χ0v) is 16.5. The van der Waals surface area contributed by atoms with Gasteiger partial charge in [0.25, 0.3) is 0 Å². The van der Waals surface area contributed by atoms with Crippen molar-refractivity contribution in [1.29, 1.82) is 0 Å². The van der Waals surface area contributed by atoms with Crippen LogP contribution >= 0.6 is 11.6 Å². The highest BCUT2D eigenvalue weighted by atomic mass is 35.5. The molecule has 0 unspecified atom stereocenters. The molecule has 1 aliphatic heterocycles. The number of benzene rings is 1. The van der Waals surface area contributed by atoms with Crippen molar-refractivity contribution >= 4 is 23.2 Å². The second kappa shape index (κ2) is 8.46. The van der Waals surface area contributed by atoms with Crippen LogP contribution in [0, 0.1) is 0 Å². The van der Waals surface area contributed by atoms with E-state index < -0.39 is 17.5 Å². The SMILES string of the molecule is CN1CCCCC1.Nc1nnc2c(-c3c(O)cc(C(F)(F)F)cc3Cl)cccn12. The average molecular weight is 428 g/mol. The molecule has 1 aromatic carbocycles. The van der Waals surface area contributed by atoms with Gasteiger partial charge >= 0.3 is 6.18 Å². The lowest BCUT2D eigenvalue weighted by Gasteiger charge is -2.20. The van der Waals surface area contributed by atoms with E-state index in [9.17, 15) is 18.3 Å². The minimum absolute atomic E-state index is 0.0349. The Morgan fingerprint density at radius 2 is 1.83 bits per heavy atom. The van der Waals surface area contributed by atoms with E-state index in [2.05, 4.69) is 22.1 Å². The number of alkyl halides is 3. The van der Waals surface area contributed by atoms with Gasteiger partial charge in [0.1, 0.15) is 5.75 Å². The molecule has 6 nitrogen and oxygen atoms in total. The van der Waals surface area contributed by atoms with Crippen LogP contribution in [0.1, 0.15) is 24.8 Å². The Morgan fingerprint density at radius 1 is 1.14 bits per heavy atom. The monoisotopic (exact) mass is 427 g/mol. The number of fused-ring (bicyclic) bond motifs is 1. The van der Waals surface area contributed by atoms with Crippen LogP contribution in [0.5, 0.6) is 5.75 Å². The van der Waals surface area contributed by atoms with Crippen LogP contribution in [-0.4, -0.2) is 44.7 Å². The van der Waals surface area contributed by atoms with Crippen molar-refractivity contribution in [3.05, 3.63) is 41.0 Å². The van der Waals surface area contributed by atoms with E-state index in [0.717, 1.165) is 6.07 Å². The molecular formula is C19H21ClF3N5O. The molecule has 0 bridgehead atoms. The van der Waals surface area contributed by atoms with E-state index in [1.807, 2.05) is 0 Å². The zero-order chi connectivity index (χ0) is 21.2. The molecule has 10 heteroatoms. The van der Waals surface area contributed by atoms with Gasteiger partial charge in [-0.15, -0.1) is 10.2 Å². The maximum atomic E-state index is 12.7. The van der Waals surface area contributed by atoms with Crippen LogP contribution in [0.4, 0.5) is 19.1 Å². The summed E-state index contributed by atoms with van der Waals surface area (Å²) >= 11 is 5.93. The van der Waals surface area contributed by atoms with Crippen LogP contribution in [-0.2, 0) is 6.18 Å². The Balaban J connectivity index is 0.000000290. The molecule has 2 aromatic heterocycles. The molecule has 3 heterocycles. The van der Waals surface area contributed by atoms with E-state index >= 15 is 0 Å². The number of phenols is 1. The molecule has 0 amide bonds. The average Bonchev–Trinajstić information content (AvgIpc) is 3.04. The highest BCUT2D eigenvalue weighted by Gasteiger charge is 2.32. The second-order valence-electron chi connectivity index (χ2n) is 6.89. The molecule has 0 radical (unpaired) electrons. The Morgan fingerprint density at radius 3 is 2.38 bits per heavy atom. The number of rotatable bonds is 1. The lowest BCUT2D eigenvalue weighted by Crippen LogP contribution is -2.24. The van der Waals surface area contributed by atoms with Crippen molar-refractivity contribution in [3.63, 3.8) is 0 Å². The summed E-state index contributed by atoms with van der Waals surface area (Å²) in [5, 5.41) is 17.3. The minimum atomic E-state index is -4.61. The fourth-order valence-electron chi connectivity index (χ4n) is 3.20. The molecule has 1 aliphatic rings. The number of likely N-dealkylation sites (tertiary alicyclic amines) is 1. The standard InChI is InChI=1S/C13H8ClF3N4O.C6H13N/c14-8-4-6(13(15,16)17)5-9(22)10(8)7-2-1-3-21-11(7)19-20-12(21)18;1-7-5-3-2-4-6-7/h1-5,22H,(H2,18,20);2-6H2,1H3. The number of hydrogen-bond donors (Lipinski definition) is 2. The predicted octanol–water partition coefficient (Wildman–Crippen LogP) is 4.46. The molecule has 1 saturated heterocycles. The summed E-state index contributed by atoms with van der Waals surface area (Å²) in [5.74, 6) is -0.492. The van der Waals surface area contributed by atoms with E-state index in [1.165, 1.54) is 36.8 Å². The molecule has 3 N–H and O–H groups in total. The first kappa shape index (κ1) is 21.2. The Hall–Kier alpha value is -2.52. The van der Waals surface area contributed by atoms with E-state index in [4.69, 9.17) is 17.3 Å². The van der Waals surface area contributed by atoms with Gasteiger partial charge in [0.15, 0.2) is 5.65 Å². The lowest BCUT2D eigenvalue weighted by atomic mass is 10.0. The number of piperidine rings is 1. The summed E-state index contributed by atoms with van der Waals surface area (Å²) < 4.78 is 39.6. The van der Waals surface area contributed by atoms with Gasteiger partial charge in [-0.3, -0.25) is 4.40 Å². The van der Waals surface area contributed by atoms with Crippen LogP contribution in [0.15, 0.2) is 30.5 Å². The lowest BCUT2D eigenvalue weighted by molar-refractivity contribution is -0.137. The predicted molar refractivity (Wildman–Crippen MR) is 106 cm³/mol. The van der Waals surface area contributed by atoms with E-state index in [0.29, 0.717) is 11.6 Å². The Kier molecular flexibility index (Phi) is 6.18. The molecular weight excluding hydrogens is 407 g/mol. The first-order valence-corrected chi connectivity index (χ1v) is 9.44. The first-order chi connectivity index (χ1) is 13.7. The van der Waals surface area contributed by atoms with Gasteiger partial charge in [0, 0.05) is 17.3 Å². The third-order valence-electron chi connectivity index (χ3n) is 4.71. The molecule has 3 aromatic rings. The summed E-state index contributed by atoms with van der Waals surface area (Å²) in [6.45, 7) is 2.64. The van der Waals surface area contributed by atoms with Gasteiger partial charge < -0.3 is 15.7 Å². The van der Waals surface area contributed by atoms with Crippen molar-refractivity contribution in [2.24, 2.45) is 0 Å². The van der Waals surface area contributed by atoms with Crippen molar-refractivity contribution in [3.8, 4) is 16.9 Å². The summed E-state index contributed by atoms with van der Waals surface area (Å²) in [7, 11) is 2.19. The van der Waals surface area contributed by atoms with Crippen molar-refractivity contribution in [1.82, 2.24) is 19.5 Å². The number of aromatic hydroxyl groups is 1. The summed E-state index contributed by atoms with van der Waals surface area (Å²) in [6.07, 6.45) is 1.26. The summed E-state index contributed by atoms with van der Waals surface area (Å²) in [4.78, 5) is 2.39. The third kappa shape index (κ3) is 4.73. The largest absolute Gasteiger partial charge is 0.507 e. The number of anilines is 1. The van der Waals surface area contributed by atoms with Crippen molar-refractivity contribution in [2.75, 3.05) is 25.9 Å². The normalized spacial score (nSPS) is 15.2. The fourth-order valence-corrected chi connectivity index (χ4v) is 3.52. The van der Waals surface area contributed by atoms with E-state index in [-0.39, 0.29) is 22.2 Å². The summed E-state index contributed by atoms with van der Waals surface area (Å²) in [5.41, 5.74) is 5.22. The highest BCUT2D eigenvalue weighted by Crippen LogP contribution is 2.42. The molecule has 0 saturated carbocycles. The molecule has 0 spiro atoms. The van der Waals surface area contributed by atoms with Gasteiger partial charge in [-0.25, -0.2) is 0 Å². The molecule has 4 rings (SSSR count). The van der Waals surface area contributed by atoms with Crippen LogP contribution in [0.25, 0.3) is 16.8 Å². The van der Waals surface area contributed by atoms with Gasteiger partial charge in [-0.2, -0.15) is 13.2 Å². The molecule has 1 fully saturated rings. The van der Waals surface area contributed by atoms with Crippen LogP contribution in [0.2, 0.25) is 5.02 Å². The van der Waals surface area contributed by atoms with Gasteiger partial charge in [0.2, 0.25) is 5.95 Å². The highest BCUT2D eigenvalue weighted by molar-refractivity contribution is 6.34. The van der Waals surface area contributed by atoms with Crippen molar-refractivity contribution in [2.45, 2.75) is 25.4 Å². The molecule has 156 valence electrons. The van der Waals surface area contributed by atoms with Gasteiger partial charge in [-0.05, 0) is 57.2 Å². The second-order valence-corrected chi connectivity index (χ2v) is 7.29. The Labute approximate surface area is 170 Å². The van der Waals surface area contributed by atoms with Crippen LogP contribution in [0.3, 0.4) is 0 Å². The number of phenolic OH excluding ortho intramolecular Hbond substituents is 1. The zero-order valence-electron chi connectivity index (χ0n) is 15.7. The number of halogens is 4. The maximum absolute atomic E-state index is 12.7. The summed E-state index contributed by atoms with van der Waals surface area (Å²) in [6, 6.07) is 4.51. The molecule has 29 heavy (non-hydrogen) atoms. The minimum Gasteiger partial charge on any atom is -0.507 e. The fraction of sp³-hybridized carbons (Fsp3) is 0.368. The third-order valence-corrected chi connectivity index (χ3v) is 5.00. The number of nitrogen functional groups attached to an aromatic ring is 1.